The van der Waals surface area contributed by atoms with Crippen molar-refractivity contribution in [3.8, 4) is 0 Å². The number of halogens is 1. The number of benzene rings is 1. The largest absolute Gasteiger partial charge is 0.369 e. The summed E-state index contributed by atoms with van der Waals surface area (Å²) < 4.78 is 0. The molecule has 3 heteroatoms. The summed E-state index contributed by atoms with van der Waals surface area (Å²) in [5.41, 5.74) is 8.42. The van der Waals surface area contributed by atoms with E-state index in [-0.39, 0.29) is 6.04 Å². The molecule has 0 saturated carbocycles. The Bertz CT molecular complexity index is 433. The summed E-state index contributed by atoms with van der Waals surface area (Å²) >= 11 is 6.41. The quantitative estimate of drug-likeness (QED) is 0.908. The number of nitrogens with zero attached hydrogens (tertiary/aromatic N) is 1. The van der Waals surface area contributed by atoms with Gasteiger partial charge in [0.2, 0.25) is 0 Å². The molecule has 0 spiro atoms. The van der Waals surface area contributed by atoms with Crippen LogP contribution >= 0.6 is 11.6 Å². The van der Waals surface area contributed by atoms with Crippen molar-refractivity contribution >= 4 is 17.3 Å². The van der Waals surface area contributed by atoms with Gasteiger partial charge < -0.3 is 10.6 Å². The second kappa shape index (κ2) is 6.15. The van der Waals surface area contributed by atoms with Crippen molar-refractivity contribution in [2.75, 3.05) is 11.4 Å². The van der Waals surface area contributed by atoms with E-state index in [2.05, 4.69) is 43.9 Å². The third kappa shape index (κ3) is 3.43. The smallest absolute Gasteiger partial charge is 0.0459 e. The first kappa shape index (κ1) is 14.7. The molecule has 3 atom stereocenters. The molecule has 1 saturated heterocycles. The van der Waals surface area contributed by atoms with Crippen molar-refractivity contribution in [2.45, 2.75) is 52.1 Å². The molecular formula is C16H25ClN2. The normalized spacial score (nSPS) is 24.8. The Morgan fingerprint density at radius 1 is 1.42 bits per heavy atom. The van der Waals surface area contributed by atoms with Gasteiger partial charge >= 0.3 is 0 Å². The number of anilines is 1. The predicted octanol–water partition coefficient (Wildman–Crippen LogP) is 3.85. The van der Waals surface area contributed by atoms with Gasteiger partial charge in [0.1, 0.15) is 0 Å². The Balaban J connectivity index is 2.14. The molecule has 0 aromatic heterocycles. The van der Waals surface area contributed by atoms with Crippen LogP contribution in [0.3, 0.4) is 0 Å². The highest BCUT2D eigenvalue weighted by Crippen LogP contribution is 2.31. The molecule has 19 heavy (non-hydrogen) atoms. The van der Waals surface area contributed by atoms with Crippen LogP contribution in [0.2, 0.25) is 5.02 Å². The Kier molecular flexibility index (Phi) is 4.75. The summed E-state index contributed by atoms with van der Waals surface area (Å²) in [6.45, 7) is 7.84. The SMILES string of the molecule is CCC(N)Cc1ccc(N2CC(C)CC2C)cc1Cl. The first-order chi connectivity index (χ1) is 9.01. The fourth-order valence-electron chi connectivity index (χ4n) is 2.97. The topological polar surface area (TPSA) is 29.3 Å². The highest BCUT2D eigenvalue weighted by Gasteiger charge is 2.26. The second-order valence-electron chi connectivity index (χ2n) is 5.99. The molecule has 0 amide bonds. The maximum absolute atomic E-state index is 6.41. The average molecular weight is 281 g/mol. The first-order valence-electron chi connectivity index (χ1n) is 7.31. The number of nitrogens with two attached hydrogens (primary N) is 1. The maximum atomic E-state index is 6.41. The monoisotopic (exact) mass is 280 g/mol. The highest BCUT2D eigenvalue weighted by molar-refractivity contribution is 6.31. The lowest BCUT2D eigenvalue weighted by atomic mass is 10.0. The average Bonchev–Trinajstić information content (AvgIpc) is 2.71. The molecule has 0 aliphatic carbocycles. The molecule has 3 unspecified atom stereocenters. The fourth-order valence-corrected chi connectivity index (χ4v) is 3.22. The summed E-state index contributed by atoms with van der Waals surface area (Å²) in [6, 6.07) is 7.25. The molecular weight excluding hydrogens is 256 g/mol. The minimum atomic E-state index is 0.203. The van der Waals surface area contributed by atoms with Crippen LogP contribution in [0.15, 0.2) is 18.2 Å². The fraction of sp³-hybridized carbons (Fsp3) is 0.625. The lowest BCUT2D eigenvalue weighted by molar-refractivity contribution is 0.625. The van der Waals surface area contributed by atoms with Gasteiger partial charge in [0, 0.05) is 29.3 Å². The van der Waals surface area contributed by atoms with Crippen LogP contribution in [0.4, 0.5) is 5.69 Å². The van der Waals surface area contributed by atoms with Crippen LogP contribution in [0, 0.1) is 5.92 Å². The number of hydrogen-bond donors (Lipinski definition) is 1. The Hall–Kier alpha value is -0.730. The van der Waals surface area contributed by atoms with E-state index in [1.807, 2.05) is 0 Å². The molecule has 1 aromatic carbocycles. The van der Waals surface area contributed by atoms with E-state index in [0.29, 0.717) is 6.04 Å². The minimum absolute atomic E-state index is 0.203. The molecule has 0 radical (unpaired) electrons. The van der Waals surface area contributed by atoms with Crippen LogP contribution in [0.1, 0.15) is 39.2 Å². The van der Waals surface area contributed by atoms with E-state index >= 15 is 0 Å². The van der Waals surface area contributed by atoms with Gasteiger partial charge in [-0.25, -0.2) is 0 Å². The molecule has 1 aliphatic heterocycles. The molecule has 2 N–H and O–H groups in total. The lowest BCUT2D eigenvalue weighted by Crippen LogP contribution is -2.26. The summed E-state index contributed by atoms with van der Waals surface area (Å²) in [5.74, 6) is 0.766. The van der Waals surface area contributed by atoms with E-state index in [0.717, 1.165) is 30.3 Å². The number of rotatable bonds is 4. The zero-order valence-corrected chi connectivity index (χ0v) is 13.0. The minimum Gasteiger partial charge on any atom is -0.369 e. The summed E-state index contributed by atoms with van der Waals surface area (Å²) in [6.07, 6.45) is 3.11. The third-order valence-corrected chi connectivity index (χ3v) is 4.51. The van der Waals surface area contributed by atoms with Gasteiger partial charge in [-0.1, -0.05) is 31.5 Å². The van der Waals surface area contributed by atoms with Crippen LogP contribution in [0.5, 0.6) is 0 Å². The molecule has 2 nitrogen and oxygen atoms in total. The van der Waals surface area contributed by atoms with Gasteiger partial charge in [-0.3, -0.25) is 0 Å². The molecule has 0 bridgehead atoms. The Labute approximate surface area is 121 Å². The Morgan fingerprint density at radius 3 is 2.68 bits per heavy atom. The zero-order valence-electron chi connectivity index (χ0n) is 12.2. The van der Waals surface area contributed by atoms with Crippen molar-refractivity contribution in [3.63, 3.8) is 0 Å². The zero-order chi connectivity index (χ0) is 14.0. The van der Waals surface area contributed by atoms with Crippen molar-refractivity contribution < 1.29 is 0 Å². The first-order valence-corrected chi connectivity index (χ1v) is 7.69. The van der Waals surface area contributed by atoms with Crippen molar-refractivity contribution in [1.29, 1.82) is 0 Å². The molecule has 1 fully saturated rings. The predicted molar refractivity (Wildman–Crippen MR) is 84.0 cm³/mol. The van der Waals surface area contributed by atoms with Gasteiger partial charge in [-0.15, -0.1) is 0 Å². The standard InChI is InChI=1S/C16H25ClN2/c1-4-14(18)8-13-5-6-15(9-16(13)17)19-10-11(2)7-12(19)3/h5-6,9,11-12,14H,4,7-8,10,18H2,1-3H3. The van der Waals surface area contributed by atoms with Gasteiger partial charge in [-0.2, -0.15) is 0 Å². The van der Waals surface area contributed by atoms with Gasteiger partial charge in [0.25, 0.3) is 0 Å². The van der Waals surface area contributed by atoms with Crippen LogP contribution in [0.25, 0.3) is 0 Å². The van der Waals surface area contributed by atoms with E-state index < -0.39 is 0 Å². The lowest BCUT2D eigenvalue weighted by Gasteiger charge is -2.24. The molecule has 1 aromatic rings. The van der Waals surface area contributed by atoms with E-state index in [1.54, 1.807) is 0 Å². The van der Waals surface area contributed by atoms with Crippen LogP contribution in [-0.2, 0) is 6.42 Å². The van der Waals surface area contributed by atoms with E-state index in [4.69, 9.17) is 17.3 Å². The van der Waals surface area contributed by atoms with Crippen LogP contribution in [-0.4, -0.2) is 18.6 Å². The van der Waals surface area contributed by atoms with Crippen LogP contribution < -0.4 is 10.6 Å². The van der Waals surface area contributed by atoms with Crippen molar-refractivity contribution in [3.05, 3.63) is 28.8 Å². The van der Waals surface area contributed by atoms with Crippen molar-refractivity contribution in [2.24, 2.45) is 11.7 Å². The summed E-state index contributed by atoms with van der Waals surface area (Å²) in [5, 5.41) is 0.855. The van der Waals surface area contributed by atoms with Crippen molar-refractivity contribution in [1.82, 2.24) is 0 Å². The van der Waals surface area contributed by atoms with E-state index in [1.165, 1.54) is 17.7 Å². The second-order valence-corrected chi connectivity index (χ2v) is 6.40. The van der Waals surface area contributed by atoms with E-state index in [9.17, 15) is 0 Å². The maximum Gasteiger partial charge on any atom is 0.0459 e. The molecule has 2 rings (SSSR count). The Morgan fingerprint density at radius 2 is 2.16 bits per heavy atom. The van der Waals surface area contributed by atoms with Gasteiger partial charge in [-0.05, 0) is 49.8 Å². The number of hydrogen-bond acceptors (Lipinski definition) is 2. The van der Waals surface area contributed by atoms with Gasteiger partial charge in [0.15, 0.2) is 0 Å². The highest BCUT2D eigenvalue weighted by atomic mass is 35.5. The summed E-state index contributed by atoms with van der Waals surface area (Å²) in [4.78, 5) is 2.46. The summed E-state index contributed by atoms with van der Waals surface area (Å²) in [7, 11) is 0. The third-order valence-electron chi connectivity index (χ3n) is 4.16. The van der Waals surface area contributed by atoms with Gasteiger partial charge in [0.05, 0.1) is 0 Å². The molecule has 1 aliphatic rings. The molecule has 106 valence electrons. The molecule has 1 heterocycles.